The molecule has 0 spiro atoms. The van der Waals surface area contributed by atoms with Crippen LogP contribution in [-0.4, -0.2) is 33.9 Å². The van der Waals surface area contributed by atoms with E-state index in [0.717, 1.165) is 12.2 Å². The Labute approximate surface area is 140 Å². The number of nitrogens with zero attached hydrogens (tertiary/aromatic N) is 2. The third-order valence-corrected chi connectivity index (χ3v) is 4.75. The van der Waals surface area contributed by atoms with Crippen molar-refractivity contribution in [1.82, 2.24) is 15.1 Å². The Hall–Kier alpha value is -1.86. The molecule has 126 valence electrons. The minimum atomic E-state index is -0.165. The highest BCUT2D eigenvalue weighted by atomic mass is 32.1. The first-order valence-electron chi connectivity index (χ1n) is 7.61. The van der Waals surface area contributed by atoms with E-state index >= 15 is 0 Å². The molecule has 0 saturated heterocycles. The number of aliphatic hydroxyl groups excluding tert-OH is 1. The summed E-state index contributed by atoms with van der Waals surface area (Å²) in [6, 6.07) is 4.32. The molecule has 2 rings (SSSR count). The van der Waals surface area contributed by atoms with Gasteiger partial charge < -0.3 is 15.7 Å². The minimum absolute atomic E-state index is 0.0605. The molecule has 1 amide bonds. The van der Waals surface area contributed by atoms with Crippen molar-refractivity contribution in [3.05, 3.63) is 34.3 Å². The molecular weight excluding hydrogens is 312 g/mol. The molecule has 7 heteroatoms. The van der Waals surface area contributed by atoms with Crippen LogP contribution in [0.1, 0.15) is 30.5 Å². The lowest BCUT2D eigenvalue weighted by Gasteiger charge is -2.15. The highest BCUT2D eigenvalue weighted by molar-refractivity contribution is 7.12. The first kappa shape index (κ1) is 17.5. The number of amides is 1. The number of carbonyl (C=O) groups is 1. The number of aliphatic hydroxyl groups is 1. The second-order valence-electron chi connectivity index (χ2n) is 6.37. The summed E-state index contributed by atoms with van der Waals surface area (Å²) in [7, 11) is 0. The summed E-state index contributed by atoms with van der Waals surface area (Å²) < 4.78 is 1.57. The van der Waals surface area contributed by atoms with E-state index < -0.39 is 0 Å². The summed E-state index contributed by atoms with van der Waals surface area (Å²) in [4.78, 5) is 14.2. The lowest BCUT2D eigenvalue weighted by molar-refractivity contribution is -0.122. The van der Waals surface area contributed by atoms with Crippen LogP contribution in [-0.2, 0) is 23.3 Å². The van der Waals surface area contributed by atoms with Crippen molar-refractivity contribution in [1.29, 1.82) is 0 Å². The number of hydrogen-bond donors (Lipinski definition) is 3. The van der Waals surface area contributed by atoms with Gasteiger partial charge in [-0.25, -0.2) is 0 Å². The summed E-state index contributed by atoms with van der Waals surface area (Å²) in [5.41, 5.74) is 1.06. The van der Waals surface area contributed by atoms with Gasteiger partial charge in [-0.3, -0.25) is 9.48 Å². The number of aromatic nitrogens is 2. The predicted octanol–water partition coefficient (Wildman–Crippen LogP) is 1.96. The van der Waals surface area contributed by atoms with Crippen molar-refractivity contribution in [3.63, 3.8) is 0 Å². The molecular formula is C16H24N4O2S. The van der Waals surface area contributed by atoms with Crippen molar-refractivity contribution < 1.29 is 9.90 Å². The van der Waals surface area contributed by atoms with Crippen LogP contribution in [0.25, 0.3) is 0 Å². The number of rotatable bonds is 7. The van der Waals surface area contributed by atoms with Crippen LogP contribution in [0.3, 0.4) is 0 Å². The second-order valence-corrected chi connectivity index (χ2v) is 7.54. The van der Waals surface area contributed by atoms with Gasteiger partial charge in [0.25, 0.3) is 0 Å². The first-order chi connectivity index (χ1) is 10.9. The van der Waals surface area contributed by atoms with Gasteiger partial charge in [-0.2, -0.15) is 5.10 Å². The van der Waals surface area contributed by atoms with Gasteiger partial charge in [-0.05, 0) is 17.5 Å². The first-order valence-corrected chi connectivity index (χ1v) is 8.43. The fourth-order valence-corrected chi connectivity index (χ4v) is 3.01. The summed E-state index contributed by atoms with van der Waals surface area (Å²) >= 11 is 1.81. The molecule has 0 atom stereocenters. The lowest BCUT2D eigenvalue weighted by Crippen LogP contribution is -2.30. The Morgan fingerprint density at radius 2 is 2.17 bits per heavy atom. The van der Waals surface area contributed by atoms with Gasteiger partial charge in [0.1, 0.15) is 6.54 Å². The molecule has 23 heavy (non-hydrogen) atoms. The van der Waals surface area contributed by atoms with Crippen LogP contribution in [0.2, 0.25) is 0 Å². The van der Waals surface area contributed by atoms with Crippen molar-refractivity contribution in [2.24, 2.45) is 0 Å². The molecule has 0 aromatic carbocycles. The van der Waals surface area contributed by atoms with Crippen LogP contribution in [0.4, 0.5) is 5.69 Å². The van der Waals surface area contributed by atoms with Gasteiger partial charge in [0.15, 0.2) is 0 Å². The van der Waals surface area contributed by atoms with E-state index in [4.69, 9.17) is 5.11 Å². The molecule has 6 nitrogen and oxygen atoms in total. The van der Waals surface area contributed by atoms with Crippen LogP contribution >= 0.6 is 11.3 Å². The molecule has 2 aromatic rings. The average molecular weight is 336 g/mol. The Morgan fingerprint density at radius 3 is 2.83 bits per heavy atom. The summed E-state index contributed by atoms with van der Waals surface area (Å²) in [6.07, 6.45) is 3.51. The largest absolute Gasteiger partial charge is 0.395 e. The van der Waals surface area contributed by atoms with Crippen molar-refractivity contribution in [2.75, 3.05) is 18.5 Å². The van der Waals surface area contributed by atoms with E-state index in [9.17, 15) is 4.79 Å². The maximum absolute atomic E-state index is 11.6. The van der Waals surface area contributed by atoms with Gasteiger partial charge in [0.05, 0.1) is 18.5 Å². The summed E-state index contributed by atoms with van der Waals surface area (Å²) in [5.74, 6) is -0.165. The molecule has 3 N–H and O–H groups in total. The Balaban J connectivity index is 1.85. The standard InChI is InChI=1S/C16H24N4O2S/c1-16(2,3)14-5-4-13(23-14)9-18-12-8-19-20(10-12)11-15(22)17-6-7-21/h4-5,8,10,18,21H,6-7,9,11H2,1-3H3,(H,17,22). The van der Waals surface area contributed by atoms with Crippen molar-refractivity contribution in [3.8, 4) is 0 Å². The van der Waals surface area contributed by atoms with Gasteiger partial charge in [-0.1, -0.05) is 20.8 Å². The molecule has 0 fully saturated rings. The Morgan fingerprint density at radius 1 is 1.39 bits per heavy atom. The van der Waals surface area contributed by atoms with E-state index in [-0.39, 0.29) is 31.0 Å². The lowest BCUT2D eigenvalue weighted by atomic mass is 9.95. The molecule has 2 aromatic heterocycles. The molecule has 2 heterocycles. The maximum atomic E-state index is 11.6. The van der Waals surface area contributed by atoms with E-state index in [2.05, 4.69) is 48.6 Å². The van der Waals surface area contributed by atoms with E-state index in [1.54, 1.807) is 17.1 Å². The van der Waals surface area contributed by atoms with Crippen molar-refractivity contribution >= 4 is 22.9 Å². The Kier molecular flexibility index (Phi) is 5.79. The SMILES string of the molecule is CC(C)(C)c1ccc(CNc2cnn(CC(=O)NCCO)c2)s1. The van der Waals surface area contributed by atoms with Gasteiger partial charge in [0.2, 0.25) is 5.91 Å². The third-order valence-electron chi connectivity index (χ3n) is 3.24. The van der Waals surface area contributed by atoms with E-state index in [1.165, 1.54) is 9.75 Å². The number of carbonyl (C=O) groups excluding carboxylic acids is 1. The van der Waals surface area contributed by atoms with Gasteiger partial charge in [-0.15, -0.1) is 11.3 Å². The zero-order valence-corrected chi connectivity index (χ0v) is 14.6. The average Bonchev–Trinajstić information content (AvgIpc) is 3.11. The highest BCUT2D eigenvalue weighted by Crippen LogP contribution is 2.29. The number of thiophene rings is 1. The highest BCUT2D eigenvalue weighted by Gasteiger charge is 2.15. The number of hydrogen-bond acceptors (Lipinski definition) is 5. The Bertz CT molecular complexity index is 643. The molecule has 0 bridgehead atoms. The van der Waals surface area contributed by atoms with Crippen molar-refractivity contribution in [2.45, 2.75) is 39.3 Å². The predicted molar refractivity (Wildman–Crippen MR) is 92.7 cm³/mol. The van der Waals surface area contributed by atoms with Crippen LogP contribution in [0.5, 0.6) is 0 Å². The molecule has 0 aliphatic rings. The zero-order chi connectivity index (χ0) is 16.9. The van der Waals surface area contributed by atoms with Crippen LogP contribution < -0.4 is 10.6 Å². The van der Waals surface area contributed by atoms with Gasteiger partial charge >= 0.3 is 0 Å². The normalized spacial score (nSPS) is 11.5. The third kappa shape index (κ3) is 5.37. The number of anilines is 1. The molecule has 0 unspecified atom stereocenters. The molecule has 0 radical (unpaired) electrons. The summed E-state index contributed by atoms with van der Waals surface area (Å²) in [5, 5.41) is 18.7. The molecule has 0 aliphatic heterocycles. The molecule has 0 aliphatic carbocycles. The fraction of sp³-hybridized carbons (Fsp3) is 0.500. The summed E-state index contributed by atoms with van der Waals surface area (Å²) in [6.45, 7) is 7.72. The maximum Gasteiger partial charge on any atom is 0.241 e. The van der Waals surface area contributed by atoms with Crippen LogP contribution in [0, 0.1) is 0 Å². The monoisotopic (exact) mass is 336 g/mol. The minimum Gasteiger partial charge on any atom is -0.395 e. The topological polar surface area (TPSA) is 79.2 Å². The van der Waals surface area contributed by atoms with E-state index in [1.807, 2.05) is 11.3 Å². The second kappa shape index (κ2) is 7.61. The zero-order valence-electron chi connectivity index (χ0n) is 13.8. The van der Waals surface area contributed by atoms with Gasteiger partial charge in [0, 0.05) is 29.0 Å². The quantitative estimate of drug-likeness (QED) is 0.722. The smallest absolute Gasteiger partial charge is 0.241 e. The molecule has 0 saturated carbocycles. The van der Waals surface area contributed by atoms with E-state index in [0.29, 0.717) is 0 Å². The fourth-order valence-electron chi connectivity index (χ4n) is 2.00. The van der Waals surface area contributed by atoms with Crippen LogP contribution in [0.15, 0.2) is 24.5 Å². The number of nitrogens with one attached hydrogen (secondary N) is 2.